The second-order valence-electron chi connectivity index (χ2n) is 6.70. The topological polar surface area (TPSA) is 42.0 Å². The fraction of sp³-hybridized carbons (Fsp3) is 0.421. The van der Waals surface area contributed by atoms with Crippen molar-refractivity contribution in [3.63, 3.8) is 0 Å². The van der Waals surface area contributed by atoms with Gasteiger partial charge in [-0.1, -0.05) is 0 Å². The Labute approximate surface area is 165 Å². The van der Waals surface area contributed by atoms with Gasteiger partial charge in [0.2, 0.25) is 6.79 Å². The number of benzene rings is 1. The summed E-state index contributed by atoms with van der Waals surface area (Å²) in [4.78, 5) is 18.2. The lowest BCUT2D eigenvalue weighted by atomic mass is 10.1. The van der Waals surface area contributed by atoms with E-state index in [4.69, 9.17) is 9.47 Å². The smallest absolute Gasteiger partial charge is 0.254 e. The first kappa shape index (κ1) is 17.8. The van der Waals surface area contributed by atoms with Gasteiger partial charge in [-0.25, -0.2) is 0 Å². The highest BCUT2D eigenvalue weighted by Crippen LogP contribution is 2.38. The molecule has 2 aliphatic heterocycles. The molecule has 3 heterocycles. The third-order valence-corrected chi connectivity index (χ3v) is 6.50. The molecule has 5 nitrogen and oxygen atoms in total. The number of likely N-dealkylation sites (N-methyl/N-ethyl adjacent to an activating group) is 1. The number of fused-ring (bicyclic) bond motifs is 2. The van der Waals surface area contributed by atoms with Crippen LogP contribution in [0.3, 0.4) is 0 Å². The van der Waals surface area contributed by atoms with Gasteiger partial charge in [0.05, 0.1) is 3.79 Å². The summed E-state index contributed by atoms with van der Waals surface area (Å²) in [6, 6.07) is 8.04. The van der Waals surface area contributed by atoms with E-state index in [2.05, 4.69) is 40.0 Å². The standard InChI is InChI=1S/C19H21BrN2O3S/c1-21(8-5-14-3-4-18(20)26-14)6-2-7-22-11-13-9-16-17(25-12-24-16)10-15(13)19(22)23/h3-4,9-10H,2,5-8,11-12H2,1H3. The molecule has 0 bridgehead atoms. The molecule has 26 heavy (non-hydrogen) atoms. The summed E-state index contributed by atoms with van der Waals surface area (Å²) in [7, 11) is 2.14. The van der Waals surface area contributed by atoms with Crippen LogP contribution in [0.15, 0.2) is 28.1 Å². The molecule has 0 aliphatic carbocycles. The molecule has 0 N–H and O–H groups in total. The fourth-order valence-corrected chi connectivity index (χ4v) is 4.84. The predicted octanol–water partition coefficient (Wildman–Crippen LogP) is 3.76. The lowest BCUT2D eigenvalue weighted by Crippen LogP contribution is -2.29. The molecule has 1 aromatic heterocycles. The van der Waals surface area contributed by atoms with Crippen LogP contribution in [0, 0.1) is 0 Å². The molecule has 0 unspecified atom stereocenters. The van der Waals surface area contributed by atoms with Crippen molar-refractivity contribution in [3.8, 4) is 11.5 Å². The van der Waals surface area contributed by atoms with Crippen LogP contribution in [0.1, 0.15) is 27.2 Å². The largest absolute Gasteiger partial charge is 0.454 e. The summed E-state index contributed by atoms with van der Waals surface area (Å²) in [5.41, 5.74) is 1.79. The maximum Gasteiger partial charge on any atom is 0.254 e. The fourth-order valence-electron chi connectivity index (χ4n) is 3.37. The molecule has 0 fully saturated rings. The Bertz CT molecular complexity index is 823. The number of amides is 1. The molecule has 138 valence electrons. The Balaban J connectivity index is 1.24. The normalized spacial score (nSPS) is 15.2. The maximum atomic E-state index is 12.6. The van der Waals surface area contributed by atoms with Crippen LogP contribution in [0.2, 0.25) is 0 Å². The Morgan fingerprint density at radius 3 is 2.81 bits per heavy atom. The van der Waals surface area contributed by atoms with Crippen molar-refractivity contribution in [2.24, 2.45) is 0 Å². The molecule has 0 saturated heterocycles. The van der Waals surface area contributed by atoms with Crippen LogP contribution >= 0.6 is 27.3 Å². The minimum atomic E-state index is 0.101. The van der Waals surface area contributed by atoms with E-state index in [1.54, 1.807) is 11.3 Å². The predicted molar refractivity (Wildman–Crippen MR) is 105 cm³/mol. The molecule has 4 rings (SSSR count). The van der Waals surface area contributed by atoms with Crippen molar-refractivity contribution in [1.82, 2.24) is 9.80 Å². The molecule has 7 heteroatoms. The van der Waals surface area contributed by atoms with Crippen molar-refractivity contribution < 1.29 is 14.3 Å². The summed E-state index contributed by atoms with van der Waals surface area (Å²) in [5.74, 6) is 1.53. The van der Waals surface area contributed by atoms with Gasteiger partial charge >= 0.3 is 0 Å². The zero-order chi connectivity index (χ0) is 18.1. The average Bonchev–Trinajstić information content (AvgIpc) is 3.32. The van der Waals surface area contributed by atoms with Gasteiger partial charge in [0.15, 0.2) is 11.5 Å². The second kappa shape index (κ2) is 7.58. The summed E-state index contributed by atoms with van der Waals surface area (Å²) in [6.45, 7) is 3.69. The summed E-state index contributed by atoms with van der Waals surface area (Å²) < 4.78 is 12.0. The first-order valence-corrected chi connectivity index (χ1v) is 10.4. The first-order chi connectivity index (χ1) is 12.6. The maximum absolute atomic E-state index is 12.6. The Morgan fingerprint density at radius 1 is 1.23 bits per heavy atom. The van der Waals surface area contributed by atoms with Gasteiger partial charge < -0.3 is 19.3 Å². The minimum Gasteiger partial charge on any atom is -0.454 e. The molecule has 1 amide bonds. The number of ether oxygens (including phenoxy) is 2. The zero-order valence-electron chi connectivity index (χ0n) is 14.7. The molecular weight excluding hydrogens is 416 g/mol. The SMILES string of the molecule is CN(CCCN1Cc2cc3c(cc2C1=O)OCO3)CCc1ccc(Br)s1. The van der Waals surface area contributed by atoms with Gasteiger partial charge in [-0.05, 0) is 72.2 Å². The Morgan fingerprint density at radius 2 is 2.04 bits per heavy atom. The van der Waals surface area contributed by atoms with Crippen molar-refractivity contribution in [3.05, 3.63) is 44.1 Å². The van der Waals surface area contributed by atoms with Gasteiger partial charge in [-0.15, -0.1) is 11.3 Å². The monoisotopic (exact) mass is 436 g/mol. The number of halogens is 1. The lowest BCUT2D eigenvalue weighted by molar-refractivity contribution is 0.0771. The van der Waals surface area contributed by atoms with Gasteiger partial charge in [-0.3, -0.25) is 4.79 Å². The molecule has 2 aromatic rings. The minimum absolute atomic E-state index is 0.101. The molecule has 0 saturated carbocycles. The van der Waals surface area contributed by atoms with E-state index in [1.807, 2.05) is 17.0 Å². The molecule has 0 spiro atoms. The quantitative estimate of drug-likeness (QED) is 0.662. The van der Waals surface area contributed by atoms with Crippen molar-refractivity contribution in [2.75, 3.05) is 33.5 Å². The van der Waals surface area contributed by atoms with Gasteiger partial charge in [0.25, 0.3) is 5.91 Å². The van der Waals surface area contributed by atoms with Crippen molar-refractivity contribution >= 4 is 33.2 Å². The third kappa shape index (κ3) is 3.75. The number of carbonyl (C=O) groups excluding carboxylic acids is 1. The third-order valence-electron chi connectivity index (χ3n) is 4.81. The molecule has 0 atom stereocenters. The van der Waals surface area contributed by atoms with Crippen LogP contribution in [-0.2, 0) is 13.0 Å². The van der Waals surface area contributed by atoms with E-state index in [9.17, 15) is 4.79 Å². The van der Waals surface area contributed by atoms with E-state index in [0.717, 1.165) is 49.4 Å². The molecular formula is C19H21BrN2O3S. The second-order valence-corrected chi connectivity index (χ2v) is 9.25. The zero-order valence-corrected chi connectivity index (χ0v) is 17.1. The highest BCUT2D eigenvalue weighted by atomic mass is 79.9. The van der Waals surface area contributed by atoms with Crippen LogP contribution in [0.25, 0.3) is 0 Å². The summed E-state index contributed by atoms with van der Waals surface area (Å²) in [5, 5.41) is 0. The number of hydrogen-bond acceptors (Lipinski definition) is 5. The van der Waals surface area contributed by atoms with Gasteiger partial charge in [0.1, 0.15) is 0 Å². The van der Waals surface area contributed by atoms with E-state index >= 15 is 0 Å². The number of rotatable bonds is 7. The van der Waals surface area contributed by atoms with E-state index in [-0.39, 0.29) is 12.7 Å². The van der Waals surface area contributed by atoms with Crippen LogP contribution in [-0.4, -0.2) is 49.2 Å². The highest BCUT2D eigenvalue weighted by molar-refractivity contribution is 9.11. The highest BCUT2D eigenvalue weighted by Gasteiger charge is 2.30. The van der Waals surface area contributed by atoms with Crippen LogP contribution < -0.4 is 9.47 Å². The van der Waals surface area contributed by atoms with Crippen LogP contribution in [0.4, 0.5) is 0 Å². The van der Waals surface area contributed by atoms with Crippen molar-refractivity contribution in [2.45, 2.75) is 19.4 Å². The molecule has 2 aliphatic rings. The Hall–Kier alpha value is -1.57. The number of carbonyl (C=O) groups is 1. The number of nitrogens with zero attached hydrogens (tertiary/aromatic N) is 2. The summed E-state index contributed by atoms with van der Waals surface area (Å²) in [6.07, 6.45) is 2.03. The van der Waals surface area contributed by atoms with E-state index < -0.39 is 0 Å². The van der Waals surface area contributed by atoms with E-state index in [1.165, 1.54) is 8.66 Å². The molecule has 1 aromatic carbocycles. The molecule has 0 radical (unpaired) electrons. The van der Waals surface area contributed by atoms with Gasteiger partial charge in [0, 0.05) is 30.1 Å². The average molecular weight is 437 g/mol. The number of hydrogen-bond donors (Lipinski definition) is 0. The lowest BCUT2D eigenvalue weighted by Gasteiger charge is -2.19. The van der Waals surface area contributed by atoms with Crippen molar-refractivity contribution in [1.29, 1.82) is 0 Å². The number of thiophene rings is 1. The Kier molecular flexibility index (Phi) is 5.20. The first-order valence-electron chi connectivity index (χ1n) is 8.75. The van der Waals surface area contributed by atoms with Gasteiger partial charge in [-0.2, -0.15) is 0 Å². The van der Waals surface area contributed by atoms with Crippen LogP contribution in [0.5, 0.6) is 11.5 Å². The van der Waals surface area contributed by atoms with E-state index in [0.29, 0.717) is 12.3 Å². The summed E-state index contributed by atoms with van der Waals surface area (Å²) >= 11 is 5.30.